The van der Waals surface area contributed by atoms with Crippen molar-refractivity contribution in [1.29, 1.82) is 5.26 Å². The lowest BCUT2D eigenvalue weighted by Gasteiger charge is -2.22. The number of anilines is 1. The summed E-state index contributed by atoms with van der Waals surface area (Å²) in [6.45, 7) is 0.894. The van der Waals surface area contributed by atoms with Crippen molar-refractivity contribution in [2.45, 2.75) is 25.3 Å². The second kappa shape index (κ2) is 6.76. The van der Waals surface area contributed by atoms with Crippen molar-refractivity contribution in [3.63, 3.8) is 0 Å². The summed E-state index contributed by atoms with van der Waals surface area (Å²) in [5.41, 5.74) is 0.688. The largest absolute Gasteiger partial charge is 0.479 e. The van der Waals surface area contributed by atoms with E-state index in [1.807, 2.05) is 6.07 Å². The molecule has 1 atom stereocenters. The van der Waals surface area contributed by atoms with Crippen LogP contribution in [0.4, 0.5) is 5.69 Å². The number of hydrogen-bond acceptors (Lipinski definition) is 4. The van der Waals surface area contributed by atoms with Gasteiger partial charge >= 0.3 is 0 Å². The first-order valence-corrected chi connectivity index (χ1v) is 6.43. The van der Waals surface area contributed by atoms with Gasteiger partial charge in [-0.2, -0.15) is 5.26 Å². The van der Waals surface area contributed by atoms with Gasteiger partial charge in [0.25, 0.3) is 0 Å². The zero-order valence-corrected chi connectivity index (χ0v) is 10.7. The first-order valence-electron chi connectivity index (χ1n) is 6.43. The lowest BCUT2D eigenvalue weighted by Crippen LogP contribution is -2.43. The molecule has 5 heteroatoms. The molecule has 0 aromatic heterocycles. The van der Waals surface area contributed by atoms with Gasteiger partial charge in [0.1, 0.15) is 11.8 Å². The van der Waals surface area contributed by atoms with Gasteiger partial charge in [-0.25, -0.2) is 0 Å². The van der Waals surface area contributed by atoms with Crippen LogP contribution in [-0.2, 0) is 4.79 Å². The van der Waals surface area contributed by atoms with Crippen LogP contribution in [0.25, 0.3) is 0 Å². The third kappa shape index (κ3) is 3.97. The molecule has 1 amide bonds. The second-order valence-electron chi connectivity index (χ2n) is 4.47. The fourth-order valence-corrected chi connectivity index (χ4v) is 2.08. The number of carbonyl (C=O) groups excluding carboxylic acids is 1. The average Bonchev–Trinajstić information content (AvgIpc) is 2.46. The molecule has 0 bridgehead atoms. The van der Waals surface area contributed by atoms with Gasteiger partial charge in [0, 0.05) is 11.8 Å². The molecule has 0 unspecified atom stereocenters. The highest BCUT2D eigenvalue weighted by molar-refractivity contribution is 5.95. The van der Waals surface area contributed by atoms with Gasteiger partial charge in [-0.3, -0.25) is 4.79 Å². The summed E-state index contributed by atoms with van der Waals surface area (Å²) < 4.78 is 5.19. The minimum absolute atomic E-state index is 0.00157. The van der Waals surface area contributed by atoms with Crippen molar-refractivity contribution >= 4 is 11.6 Å². The maximum Gasteiger partial charge on any atom is 0.241 e. The number of nitriles is 1. The Balaban J connectivity index is 1.94. The number of carbonyl (C=O) groups is 1. The van der Waals surface area contributed by atoms with Crippen LogP contribution in [0.3, 0.4) is 0 Å². The molecule has 0 aliphatic carbocycles. The summed E-state index contributed by atoms with van der Waals surface area (Å²) in [6, 6.07) is 8.87. The second-order valence-corrected chi connectivity index (χ2v) is 4.47. The number of rotatable bonds is 4. The average molecular weight is 259 g/mol. The molecule has 1 fully saturated rings. The predicted molar refractivity (Wildman–Crippen MR) is 71.8 cm³/mol. The summed E-state index contributed by atoms with van der Waals surface area (Å²) in [5.74, 6) is 0.563. The van der Waals surface area contributed by atoms with Gasteiger partial charge in [0.05, 0.1) is 6.04 Å². The lowest BCUT2D eigenvalue weighted by atomic mass is 10.0. The molecular formula is C14H17N3O2. The zero-order chi connectivity index (χ0) is 13.5. The maximum atomic E-state index is 12.0. The van der Waals surface area contributed by atoms with Crippen LogP contribution >= 0.6 is 0 Å². The molecule has 0 saturated carbocycles. The van der Waals surface area contributed by atoms with Crippen molar-refractivity contribution in [3.8, 4) is 11.8 Å². The van der Waals surface area contributed by atoms with E-state index in [1.54, 1.807) is 24.3 Å². The van der Waals surface area contributed by atoms with Gasteiger partial charge in [0.15, 0.2) is 6.61 Å². The Hall–Kier alpha value is -2.06. The van der Waals surface area contributed by atoms with Crippen LogP contribution in [0.5, 0.6) is 5.75 Å². The Bertz CT molecular complexity index is 476. The third-order valence-corrected chi connectivity index (χ3v) is 3.03. The Morgan fingerprint density at radius 2 is 2.42 bits per heavy atom. The fourth-order valence-electron chi connectivity index (χ4n) is 2.08. The number of benzene rings is 1. The van der Waals surface area contributed by atoms with Crippen LogP contribution in [0, 0.1) is 11.3 Å². The Morgan fingerprint density at radius 3 is 3.16 bits per heavy atom. The minimum atomic E-state index is -0.113. The molecular weight excluding hydrogens is 242 g/mol. The third-order valence-electron chi connectivity index (χ3n) is 3.03. The summed E-state index contributed by atoms with van der Waals surface area (Å²) in [4.78, 5) is 12.0. The first-order chi connectivity index (χ1) is 9.29. The highest BCUT2D eigenvalue weighted by Gasteiger charge is 2.20. The quantitative estimate of drug-likeness (QED) is 0.862. The van der Waals surface area contributed by atoms with Crippen molar-refractivity contribution in [2.75, 3.05) is 18.5 Å². The van der Waals surface area contributed by atoms with E-state index in [9.17, 15) is 4.79 Å². The predicted octanol–water partition coefficient (Wildman–Crippen LogP) is 1.67. The summed E-state index contributed by atoms with van der Waals surface area (Å²) in [7, 11) is 0. The zero-order valence-electron chi connectivity index (χ0n) is 10.7. The number of hydrogen-bond donors (Lipinski definition) is 2. The van der Waals surface area contributed by atoms with Crippen LogP contribution in [0.2, 0.25) is 0 Å². The van der Waals surface area contributed by atoms with E-state index in [1.165, 1.54) is 0 Å². The molecule has 1 aromatic carbocycles. The summed E-state index contributed by atoms with van der Waals surface area (Å²) in [6.07, 6.45) is 3.08. The van der Waals surface area contributed by atoms with E-state index in [4.69, 9.17) is 10.00 Å². The normalized spacial score (nSPS) is 18.4. The SMILES string of the molecule is N#CCOc1cccc(NC(=O)[C@@H]2CCCCN2)c1. The van der Waals surface area contributed by atoms with Gasteiger partial charge in [-0.15, -0.1) is 0 Å². The molecule has 100 valence electrons. The Labute approximate surface area is 112 Å². The van der Waals surface area contributed by atoms with Crippen LogP contribution in [-0.4, -0.2) is 25.1 Å². The molecule has 2 N–H and O–H groups in total. The molecule has 1 saturated heterocycles. The van der Waals surface area contributed by atoms with Crippen LogP contribution in [0.15, 0.2) is 24.3 Å². The number of nitrogens with one attached hydrogen (secondary N) is 2. The topological polar surface area (TPSA) is 74.1 Å². The smallest absolute Gasteiger partial charge is 0.241 e. The molecule has 19 heavy (non-hydrogen) atoms. The van der Waals surface area contributed by atoms with Gasteiger partial charge in [-0.05, 0) is 31.5 Å². The summed E-state index contributed by atoms with van der Waals surface area (Å²) >= 11 is 0. The van der Waals surface area contributed by atoms with Gasteiger partial charge in [-0.1, -0.05) is 12.5 Å². The van der Waals surface area contributed by atoms with E-state index in [-0.39, 0.29) is 18.6 Å². The molecule has 0 spiro atoms. The van der Waals surface area contributed by atoms with Gasteiger partial charge < -0.3 is 15.4 Å². The van der Waals surface area contributed by atoms with Crippen molar-refractivity contribution in [2.24, 2.45) is 0 Å². The molecule has 2 rings (SSSR count). The number of nitrogens with zero attached hydrogens (tertiary/aromatic N) is 1. The maximum absolute atomic E-state index is 12.0. The molecule has 1 aliphatic rings. The van der Waals surface area contributed by atoms with Crippen molar-refractivity contribution in [3.05, 3.63) is 24.3 Å². The van der Waals surface area contributed by atoms with Crippen molar-refractivity contribution in [1.82, 2.24) is 5.32 Å². The van der Waals surface area contributed by atoms with E-state index < -0.39 is 0 Å². The van der Waals surface area contributed by atoms with E-state index in [0.29, 0.717) is 11.4 Å². The Kier molecular flexibility index (Phi) is 4.76. The number of ether oxygens (including phenoxy) is 1. The lowest BCUT2D eigenvalue weighted by molar-refractivity contribution is -0.118. The van der Waals surface area contributed by atoms with E-state index >= 15 is 0 Å². The minimum Gasteiger partial charge on any atom is -0.479 e. The Morgan fingerprint density at radius 1 is 1.53 bits per heavy atom. The van der Waals surface area contributed by atoms with E-state index in [2.05, 4.69) is 10.6 Å². The number of piperidine rings is 1. The first kappa shape index (κ1) is 13.4. The highest BCUT2D eigenvalue weighted by Crippen LogP contribution is 2.18. The van der Waals surface area contributed by atoms with Crippen LogP contribution in [0.1, 0.15) is 19.3 Å². The van der Waals surface area contributed by atoms with Crippen molar-refractivity contribution < 1.29 is 9.53 Å². The fraction of sp³-hybridized carbons (Fsp3) is 0.429. The summed E-state index contributed by atoms with van der Waals surface area (Å²) in [5, 5.41) is 14.5. The molecule has 1 aliphatic heterocycles. The van der Waals surface area contributed by atoms with Crippen LogP contribution < -0.4 is 15.4 Å². The molecule has 0 radical (unpaired) electrons. The van der Waals surface area contributed by atoms with Gasteiger partial charge in [0.2, 0.25) is 5.91 Å². The number of amides is 1. The molecule has 5 nitrogen and oxygen atoms in total. The van der Waals surface area contributed by atoms with E-state index in [0.717, 1.165) is 25.8 Å². The standard InChI is InChI=1S/C14H17N3O2/c15-7-9-19-12-5-3-4-11(10-12)17-14(18)13-6-1-2-8-16-13/h3-5,10,13,16H,1-2,6,8-9H2,(H,17,18)/t13-/m0/s1. The molecule has 1 heterocycles. The molecule has 1 aromatic rings. The monoisotopic (exact) mass is 259 g/mol. The highest BCUT2D eigenvalue weighted by atomic mass is 16.5.